The summed E-state index contributed by atoms with van der Waals surface area (Å²) in [7, 11) is 0. The number of morpholine rings is 1. The number of halogens is 2. The zero-order valence-corrected chi connectivity index (χ0v) is 19.9. The third-order valence-corrected chi connectivity index (χ3v) is 6.83. The second-order valence-corrected chi connectivity index (χ2v) is 9.34. The average Bonchev–Trinajstić information content (AvgIpc) is 3.37. The first kappa shape index (κ1) is 22.8. The summed E-state index contributed by atoms with van der Waals surface area (Å²) in [5, 5.41) is 0.200. The molecule has 0 bridgehead atoms. The van der Waals surface area contributed by atoms with Crippen molar-refractivity contribution in [3.8, 4) is 11.3 Å². The molecule has 0 N–H and O–H groups in total. The molecule has 2 aliphatic heterocycles. The number of benzene rings is 1. The van der Waals surface area contributed by atoms with Gasteiger partial charge in [-0.05, 0) is 43.2 Å². The van der Waals surface area contributed by atoms with Gasteiger partial charge in [-0.1, -0.05) is 11.6 Å². The van der Waals surface area contributed by atoms with E-state index in [9.17, 15) is 9.59 Å². The van der Waals surface area contributed by atoms with Crippen molar-refractivity contribution in [1.82, 2.24) is 14.3 Å². The third-order valence-electron chi connectivity index (χ3n) is 6.53. The number of nitrogens with zero attached hydrogens (tertiary/aromatic N) is 4. The van der Waals surface area contributed by atoms with Crippen molar-refractivity contribution in [1.29, 1.82) is 0 Å². The fraction of sp³-hybridized carbons (Fsp3) is 0.400. The molecule has 2 aliphatic rings. The molecule has 178 valence electrons. The number of amides is 2. The Bertz CT molecular complexity index is 1270. The predicted molar refractivity (Wildman–Crippen MR) is 128 cm³/mol. The Morgan fingerprint density at radius 1 is 1.29 bits per heavy atom. The maximum atomic E-state index is 15.6. The van der Waals surface area contributed by atoms with Crippen molar-refractivity contribution in [3.63, 3.8) is 0 Å². The van der Waals surface area contributed by atoms with Crippen LogP contribution in [0, 0.1) is 12.7 Å². The highest BCUT2D eigenvalue weighted by Crippen LogP contribution is 2.38. The van der Waals surface area contributed by atoms with E-state index in [4.69, 9.17) is 21.3 Å². The van der Waals surface area contributed by atoms with Crippen LogP contribution in [0.5, 0.6) is 0 Å². The number of fused-ring (bicyclic) bond motifs is 1. The molecule has 0 spiro atoms. The van der Waals surface area contributed by atoms with Gasteiger partial charge in [-0.15, -0.1) is 0 Å². The van der Waals surface area contributed by atoms with Crippen LogP contribution in [-0.4, -0.2) is 58.4 Å². The molecule has 1 atom stereocenters. The number of aromatic nitrogens is 2. The first-order valence-electron chi connectivity index (χ1n) is 11.5. The topological polar surface area (TPSA) is 67.2 Å². The van der Waals surface area contributed by atoms with Crippen LogP contribution in [0.25, 0.3) is 16.9 Å². The van der Waals surface area contributed by atoms with Gasteiger partial charge in [0, 0.05) is 51.3 Å². The molecule has 4 heterocycles. The van der Waals surface area contributed by atoms with Crippen molar-refractivity contribution in [2.75, 3.05) is 31.1 Å². The van der Waals surface area contributed by atoms with E-state index in [1.165, 1.54) is 6.07 Å². The predicted octanol–water partition coefficient (Wildman–Crippen LogP) is 4.02. The number of imidazole rings is 1. The number of rotatable bonds is 4. The van der Waals surface area contributed by atoms with Crippen molar-refractivity contribution in [2.24, 2.45) is 0 Å². The van der Waals surface area contributed by atoms with Gasteiger partial charge in [-0.25, -0.2) is 9.37 Å². The summed E-state index contributed by atoms with van der Waals surface area (Å²) in [5.41, 5.74) is 3.57. The van der Waals surface area contributed by atoms with Crippen LogP contribution in [0.1, 0.15) is 31.0 Å². The van der Waals surface area contributed by atoms with Crippen molar-refractivity contribution in [3.05, 3.63) is 52.6 Å². The summed E-state index contributed by atoms with van der Waals surface area (Å²) in [5.74, 6) is -0.557. The third kappa shape index (κ3) is 4.16. The van der Waals surface area contributed by atoms with Gasteiger partial charge in [0.1, 0.15) is 11.5 Å². The molecule has 34 heavy (non-hydrogen) atoms. The summed E-state index contributed by atoms with van der Waals surface area (Å²) in [6.07, 6.45) is 3.29. The zero-order valence-electron chi connectivity index (χ0n) is 19.2. The molecule has 0 aliphatic carbocycles. The van der Waals surface area contributed by atoms with Crippen molar-refractivity contribution in [2.45, 2.75) is 39.2 Å². The first-order valence-corrected chi connectivity index (χ1v) is 11.8. The molecule has 0 radical (unpaired) electrons. The largest absolute Gasteiger partial charge is 0.374 e. The lowest BCUT2D eigenvalue weighted by molar-refractivity contribution is -0.136. The van der Waals surface area contributed by atoms with Gasteiger partial charge in [0.25, 0.3) is 0 Å². The van der Waals surface area contributed by atoms with Crippen LogP contribution in [0.4, 0.5) is 10.1 Å². The number of carbonyl (C=O) groups excluding carboxylic acids is 2. The number of anilines is 1. The molecule has 2 saturated heterocycles. The minimum atomic E-state index is -0.529. The lowest BCUT2D eigenvalue weighted by Crippen LogP contribution is -2.45. The zero-order chi connectivity index (χ0) is 24.0. The van der Waals surface area contributed by atoms with Crippen LogP contribution in [0.15, 0.2) is 30.5 Å². The summed E-state index contributed by atoms with van der Waals surface area (Å²) >= 11 is 6.62. The molecule has 2 fully saturated rings. The monoisotopic (exact) mass is 484 g/mol. The Morgan fingerprint density at radius 2 is 2.12 bits per heavy atom. The number of hydrogen-bond donors (Lipinski definition) is 0. The van der Waals surface area contributed by atoms with Gasteiger partial charge in [0.15, 0.2) is 0 Å². The molecule has 0 unspecified atom stereocenters. The lowest BCUT2D eigenvalue weighted by atomic mass is 10.0. The number of carbonyl (C=O) groups is 2. The molecule has 5 rings (SSSR count). The smallest absolute Gasteiger partial charge is 0.227 e. The molecule has 2 aromatic heterocycles. The molecule has 3 aromatic rings. The van der Waals surface area contributed by atoms with E-state index >= 15 is 4.39 Å². The van der Waals surface area contributed by atoms with E-state index in [1.54, 1.807) is 22.8 Å². The van der Waals surface area contributed by atoms with E-state index in [0.717, 1.165) is 17.7 Å². The van der Waals surface area contributed by atoms with Crippen LogP contribution in [0.2, 0.25) is 5.02 Å². The molecular weight excluding hydrogens is 459 g/mol. The Morgan fingerprint density at radius 3 is 2.82 bits per heavy atom. The van der Waals surface area contributed by atoms with Crippen LogP contribution in [0.3, 0.4) is 0 Å². The Labute approximate surface area is 202 Å². The molecule has 1 aromatic carbocycles. The molecule has 9 heteroatoms. The van der Waals surface area contributed by atoms with Crippen LogP contribution < -0.4 is 4.90 Å². The van der Waals surface area contributed by atoms with Crippen molar-refractivity contribution < 1.29 is 18.7 Å². The quantitative estimate of drug-likeness (QED) is 0.561. The number of ether oxygens (including phenoxy) is 1. The van der Waals surface area contributed by atoms with Crippen LogP contribution in [-0.2, 0) is 20.7 Å². The minimum Gasteiger partial charge on any atom is -0.374 e. The number of hydrogen-bond acceptors (Lipinski definition) is 4. The van der Waals surface area contributed by atoms with Gasteiger partial charge >= 0.3 is 0 Å². The molecular formula is C25H26ClFN4O3. The van der Waals surface area contributed by atoms with E-state index < -0.39 is 5.82 Å². The highest BCUT2D eigenvalue weighted by molar-refractivity contribution is 6.33. The van der Waals surface area contributed by atoms with E-state index in [1.807, 2.05) is 29.7 Å². The van der Waals surface area contributed by atoms with Crippen LogP contribution >= 0.6 is 11.6 Å². The first-order chi connectivity index (χ1) is 16.3. The Balaban J connectivity index is 1.58. The fourth-order valence-corrected chi connectivity index (χ4v) is 5.09. The van der Waals surface area contributed by atoms with Gasteiger partial charge in [-0.2, -0.15) is 0 Å². The lowest BCUT2D eigenvalue weighted by Gasteiger charge is -2.32. The van der Waals surface area contributed by atoms with Gasteiger partial charge in [-0.3, -0.25) is 9.59 Å². The van der Waals surface area contributed by atoms with Crippen molar-refractivity contribution >= 4 is 34.7 Å². The number of aryl methyl sites for hydroxylation is 1. The van der Waals surface area contributed by atoms with E-state index in [0.29, 0.717) is 56.1 Å². The SMILES string of the molecule is CC(=O)N1CCO[C@@H](Cc2c(-c3c(F)cc(N4CCCC4=O)cc3Cl)nc3cc(C)ccn23)C1. The Hall–Kier alpha value is -2.97. The maximum absolute atomic E-state index is 15.6. The van der Waals surface area contributed by atoms with Gasteiger partial charge in [0.2, 0.25) is 11.8 Å². The second kappa shape index (κ2) is 9.00. The normalized spacial score (nSPS) is 18.8. The minimum absolute atomic E-state index is 0.00317. The van der Waals surface area contributed by atoms with E-state index in [-0.39, 0.29) is 28.5 Å². The molecule has 0 saturated carbocycles. The van der Waals surface area contributed by atoms with Gasteiger partial charge < -0.3 is 18.9 Å². The molecule has 7 nitrogen and oxygen atoms in total. The Kier molecular flexibility index (Phi) is 6.04. The number of pyridine rings is 1. The standard InChI is InChI=1S/C25H26ClFN4O3/c1-15-5-7-31-21(13-18-14-29(16(2)32)8-9-34-18)25(28-22(31)10-15)24-19(26)11-17(12-20(24)27)30-6-3-4-23(30)33/h5,7,10-12,18H,3-4,6,8-9,13-14H2,1-2H3/t18-/m0/s1. The van der Waals surface area contributed by atoms with Gasteiger partial charge in [0.05, 0.1) is 34.7 Å². The summed E-state index contributed by atoms with van der Waals surface area (Å²) in [4.78, 5) is 32.1. The fourth-order valence-electron chi connectivity index (χ4n) is 4.80. The maximum Gasteiger partial charge on any atom is 0.227 e. The second-order valence-electron chi connectivity index (χ2n) is 8.93. The van der Waals surface area contributed by atoms with E-state index in [2.05, 4.69) is 0 Å². The highest BCUT2D eigenvalue weighted by Gasteiger charge is 2.29. The summed E-state index contributed by atoms with van der Waals surface area (Å²) in [6, 6.07) is 6.89. The summed E-state index contributed by atoms with van der Waals surface area (Å²) in [6.45, 7) is 5.54. The molecule has 2 amide bonds. The average molecular weight is 485 g/mol. The summed E-state index contributed by atoms with van der Waals surface area (Å²) < 4.78 is 23.4. The highest BCUT2D eigenvalue weighted by atomic mass is 35.5.